The van der Waals surface area contributed by atoms with Gasteiger partial charge in [0.2, 0.25) is 0 Å². The van der Waals surface area contributed by atoms with Crippen LogP contribution in [0.2, 0.25) is 0 Å². The van der Waals surface area contributed by atoms with Crippen LogP contribution in [0.15, 0.2) is 24.3 Å². The highest BCUT2D eigenvalue weighted by Crippen LogP contribution is 2.19. The number of hydrogen-bond acceptors (Lipinski definition) is 2. The lowest BCUT2D eigenvalue weighted by Gasteiger charge is -2.30. The fourth-order valence-corrected chi connectivity index (χ4v) is 0.937. The number of nitrogens with two attached hydrogens (primary N) is 1. The molecule has 2 nitrogen and oxygen atoms in total. The molecule has 0 amide bonds. The molecule has 0 radical (unpaired) electrons. The third-order valence-electron chi connectivity index (χ3n) is 1.96. The Labute approximate surface area is 61.4 Å². The van der Waals surface area contributed by atoms with Crippen molar-refractivity contribution in [3.63, 3.8) is 0 Å². The van der Waals surface area contributed by atoms with Crippen molar-refractivity contribution in [3.8, 4) is 0 Å². The van der Waals surface area contributed by atoms with E-state index in [9.17, 15) is 0 Å². The molecule has 10 heavy (non-hydrogen) atoms. The molecule has 0 bridgehead atoms. The van der Waals surface area contributed by atoms with Gasteiger partial charge in [-0.3, -0.25) is 0 Å². The molecule has 0 saturated carbocycles. The zero-order chi connectivity index (χ0) is 7.61. The zero-order valence-electron chi connectivity index (χ0n) is 6.37. The maximum atomic E-state index is 5.76. The number of hydrogen-bond donors (Lipinski definition) is 1. The minimum absolute atomic E-state index is 0.0255. The highest BCUT2D eigenvalue weighted by Gasteiger charge is 2.27. The molecule has 1 rings (SSSR count). The summed E-state index contributed by atoms with van der Waals surface area (Å²) in [6.45, 7) is 1.97. The van der Waals surface area contributed by atoms with Gasteiger partial charge in [0.1, 0.15) is 5.60 Å². The van der Waals surface area contributed by atoms with Crippen molar-refractivity contribution in [2.75, 3.05) is 7.11 Å². The summed E-state index contributed by atoms with van der Waals surface area (Å²) in [6, 6.07) is -0.0255. The summed E-state index contributed by atoms with van der Waals surface area (Å²) in [6.07, 6.45) is 7.79. The van der Waals surface area contributed by atoms with Crippen molar-refractivity contribution >= 4 is 0 Å². The van der Waals surface area contributed by atoms with Gasteiger partial charge in [-0.05, 0) is 6.92 Å². The third kappa shape index (κ3) is 1.13. The van der Waals surface area contributed by atoms with Crippen molar-refractivity contribution in [1.29, 1.82) is 0 Å². The lowest BCUT2D eigenvalue weighted by molar-refractivity contribution is 0.0373. The molecule has 2 unspecified atom stereocenters. The average Bonchev–Trinajstić information content (AvgIpc) is 1.96. The van der Waals surface area contributed by atoms with Gasteiger partial charge in [0.25, 0.3) is 0 Å². The Morgan fingerprint density at radius 1 is 1.50 bits per heavy atom. The third-order valence-corrected chi connectivity index (χ3v) is 1.96. The van der Waals surface area contributed by atoms with E-state index in [1.165, 1.54) is 0 Å². The maximum Gasteiger partial charge on any atom is 0.102 e. The van der Waals surface area contributed by atoms with Gasteiger partial charge in [0, 0.05) is 7.11 Å². The summed E-state index contributed by atoms with van der Waals surface area (Å²) in [7, 11) is 1.67. The Balaban J connectivity index is 2.77. The smallest absolute Gasteiger partial charge is 0.102 e. The van der Waals surface area contributed by atoms with Gasteiger partial charge >= 0.3 is 0 Å². The number of ether oxygens (including phenoxy) is 1. The molecule has 2 heteroatoms. The summed E-state index contributed by atoms with van der Waals surface area (Å²) in [4.78, 5) is 0. The van der Waals surface area contributed by atoms with Crippen LogP contribution >= 0.6 is 0 Å². The second kappa shape index (κ2) is 2.56. The Bertz CT molecular complexity index is 174. The van der Waals surface area contributed by atoms with Crippen molar-refractivity contribution < 1.29 is 4.74 Å². The first-order chi connectivity index (χ1) is 4.69. The molecule has 0 aromatic rings. The first kappa shape index (κ1) is 7.51. The van der Waals surface area contributed by atoms with Crippen molar-refractivity contribution in [3.05, 3.63) is 24.3 Å². The molecule has 0 saturated heterocycles. The van der Waals surface area contributed by atoms with Crippen LogP contribution in [0.5, 0.6) is 0 Å². The largest absolute Gasteiger partial charge is 0.372 e. The normalized spacial score (nSPS) is 38.5. The van der Waals surface area contributed by atoms with E-state index in [1.54, 1.807) is 7.11 Å². The second-order valence-electron chi connectivity index (χ2n) is 2.66. The second-order valence-corrected chi connectivity index (χ2v) is 2.66. The standard InChI is InChI=1S/C8H13NO/c1-8(10-2)6-4-3-5-7(8)9/h3-7H,9H2,1-2H3. The van der Waals surface area contributed by atoms with Gasteiger partial charge in [-0.15, -0.1) is 0 Å². The topological polar surface area (TPSA) is 35.2 Å². The zero-order valence-corrected chi connectivity index (χ0v) is 6.37. The SMILES string of the molecule is COC1(C)C=CC=CC1N. The highest BCUT2D eigenvalue weighted by molar-refractivity contribution is 5.23. The van der Waals surface area contributed by atoms with E-state index in [0.717, 1.165) is 0 Å². The van der Waals surface area contributed by atoms with E-state index in [1.807, 2.05) is 31.2 Å². The first-order valence-electron chi connectivity index (χ1n) is 3.36. The molecule has 2 atom stereocenters. The van der Waals surface area contributed by atoms with Crippen LogP contribution in [0, 0.1) is 0 Å². The summed E-state index contributed by atoms with van der Waals surface area (Å²) >= 11 is 0. The Morgan fingerprint density at radius 3 is 2.60 bits per heavy atom. The highest BCUT2D eigenvalue weighted by atomic mass is 16.5. The van der Waals surface area contributed by atoms with Crippen molar-refractivity contribution in [2.45, 2.75) is 18.6 Å². The van der Waals surface area contributed by atoms with Gasteiger partial charge in [-0.25, -0.2) is 0 Å². The number of allylic oxidation sites excluding steroid dienone is 2. The Kier molecular flexibility index (Phi) is 1.92. The minimum atomic E-state index is -0.311. The molecule has 0 fully saturated rings. The van der Waals surface area contributed by atoms with Gasteiger partial charge in [-0.2, -0.15) is 0 Å². The molecular formula is C8H13NO. The van der Waals surface area contributed by atoms with Crippen LogP contribution in [-0.2, 0) is 4.74 Å². The molecule has 0 aromatic heterocycles. The fraction of sp³-hybridized carbons (Fsp3) is 0.500. The predicted octanol–water partition coefficient (Wildman–Crippen LogP) is 0.845. The fourth-order valence-electron chi connectivity index (χ4n) is 0.937. The van der Waals surface area contributed by atoms with E-state index >= 15 is 0 Å². The number of methoxy groups -OCH3 is 1. The lowest BCUT2D eigenvalue weighted by Crippen LogP contribution is -2.45. The molecule has 0 aromatic carbocycles. The summed E-state index contributed by atoms with van der Waals surface area (Å²) in [5.74, 6) is 0. The van der Waals surface area contributed by atoms with Crippen LogP contribution in [-0.4, -0.2) is 18.8 Å². The minimum Gasteiger partial charge on any atom is -0.372 e. The van der Waals surface area contributed by atoms with Crippen molar-refractivity contribution in [2.24, 2.45) is 5.73 Å². The van der Waals surface area contributed by atoms with Crippen LogP contribution in [0.4, 0.5) is 0 Å². The molecule has 0 heterocycles. The maximum absolute atomic E-state index is 5.76. The van der Waals surface area contributed by atoms with E-state index in [4.69, 9.17) is 10.5 Å². The Morgan fingerprint density at radius 2 is 2.20 bits per heavy atom. The molecule has 1 aliphatic rings. The van der Waals surface area contributed by atoms with Gasteiger partial charge in [0.15, 0.2) is 0 Å². The molecule has 0 aliphatic heterocycles. The van der Waals surface area contributed by atoms with E-state index in [-0.39, 0.29) is 11.6 Å². The van der Waals surface area contributed by atoms with Gasteiger partial charge in [-0.1, -0.05) is 24.3 Å². The molecular weight excluding hydrogens is 126 g/mol. The molecule has 1 aliphatic carbocycles. The van der Waals surface area contributed by atoms with Gasteiger partial charge < -0.3 is 10.5 Å². The quantitative estimate of drug-likeness (QED) is 0.584. The molecule has 2 N–H and O–H groups in total. The summed E-state index contributed by atoms with van der Waals surface area (Å²) < 4.78 is 5.23. The molecule has 56 valence electrons. The Hall–Kier alpha value is -0.600. The van der Waals surface area contributed by atoms with Crippen LogP contribution in [0.25, 0.3) is 0 Å². The first-order valence-corrected chi connectivity index (χ1v) is 3.36. The number of rotatable bonds is 1. The summed E-state index contributed by atoms with van der Waals surface area (Å²) in [5, 5.41) is 0. The van der Waals surface area contributed by atoms with E-state index in [2.05, 4.69) is 0 Å². The monoisotopic (exact) mass is 139 g/mol. The predicted molar refractivity (Wildman–Crippen MR) is 41.7 cm³/mol. The lowest BCUT2D eigenvalue weighted by atomic mass is 9.93. The van der Waals surface area contributed by atoms with E-state index in [0.29, 0.717) is 0 Å². The summed E-state index contributed by atoms with van der Waals surface area (Å²) in [5.41, 5.74) is 5.45. The van der Waals surface area contributed by atoms with Crippen molar-refractivity contribution in [1.82, 2.24) is 0 Å². The molecule has 0 spiro atoms. The average molecular weight is 139 g/mol. The van der Waals surface area contributed by atoms with Gasteiger partial charge in [0.05, 0.1) is 6.04 Å². The van der Waals surface area contributed by atoms with Crippen LogP contribution < -0.4 is 5.73 Å². The van der Waals surface area contributed by atoms with E-state index < -0.39 is 0 Å². The van der Waals surface area contributed by atoms with Crippen LogP contribution in [0.3, 0.4) is 0 Å². The van der Waals surface area contributed by atoms with Crippen LogP contribution in [0.1, 0.15) is 6.92 Å².